The van der Waals surface area contributed by atoms with Crippen LogP contribution >= 0.6 is 0 Å². The SMILES string of the molecule is CC(C)(C)OC(=O)N1CCC[C@@H](CCCOc2cnc3ccccc3n2)C1. The number of hydrogen-bond acceptors (Lipinski definition) is 5. The molecule has 0 N–H and O–H groups in total. The lowest BCUT2D eigenvalue weighted by molar-refractivity contribution is 0.0159. The summed E-state index contributed by atoms with van der Waals surface area (Å²) in [5.41, 5.74) is 1.27. The largest absolute Gasteiger partial charge is 0.477 e. The van der Waals surface area contributed by atoms with E-state index in [1.54, 1.807) is 6.20 Å². The lowest BCUT2D eigenvalue weighted by Crippen LogP contribution is -2.42. The van der Waals surface area contributed by atoms with Crippen LogP contribution in [0.2, 0.25) is 0 Å². The van der Waals surface area contributed by atoms with Crippen LogP contribution in [0.1, 0.15) is 46.5 Å². The van der Waals surface area contributed by atoms with Gasteiger partial charge in [0, 0.05) is 13.1 Å². The van der Waals surface area contributed by atoms with E-state index in [0.29, 0.717) is 18.4 Å². The number of nitrogens with zero attached hydrogens (tertiary/aromatic N) is 3. The molecule has 1 fully saturated rings. The minimum Gasteiger partial charge on any atom is -0.477 e. The van der Waals surface area contributed by atoms with Crippen LogP contribution < -0.4 is 4.74 Å². The Kier molecular flexibility index (Phi) is 6.14. The average Bonchev–Trinajstić information content (AvgIpc) is 2.64. The third kappa shape index (κ3) is 5.81. The number of amides is 1. The molecule has 1 atom stereocenters. The zero-order chi connectivity index (χ0) is 19.3. The third-order valence-corrected chi connectivity index (χ3v) is 4.60. The number of hydrogen-bond donors (Lipinski definition) is 0. The topological polar surface area (TPSA) is 64.5 Å². The Morgan fingerprint density at radius 3 is 2.81 bits per heavy atom. The molecule has 2 heterocycles. The molecule has 0 bridgehead atoms. The Morgan fingerprint density at radius 2 is 2.04 bits per heavy atom. The smallest absolute Gasteiger partial charge is 0.410 e. The quantitative estimate of drug-likeness (QED) is 0.727. The summed E-state index contributed by atoms with van der Waals surface area (Å²) < 4.78 is 11.3. The summed E-state index contributed by atoms with van der Waals surface area (Å²) in [6.07, 6.45) is 5.61. The Morgan fingerprint density at radius 1 is 1.26 bits per heavy atom. The molecule has 1 saturated heterocycles. The first-order chi connectivity index (χ1) is 12.9. The van der Waals surface area contributed by atoms with Crippen LogP contribution in [0.5, 0.6) is 5.88 Å². The average molecular weight is 371 g/mol. The highest BCUT2D eigenvalue weighted by atomic mass is 16.6. The van der Waals surface area contributed by atoms with Crippen LogP contribution in [0, 0.1) is 5.92 Å². The molecule has 0 saturated carbocycles. The zero-order valence-corrected chi connectivity index (χ0v) is 16.5. The maximum Gasteiger partial charge on any atom is 0.410 e. The monoisotopic (exact) mass is 371 g/mol. The molecule has 0 radical (unpaired) electrons. The van der Waals surface area contributed by atoms with Crippen molar-refractivity contribution in [2.75, 3.05) is 19.7 Å². The van der Waals surface area contributed by atoms with E-state index in [-0.39, 0.29) is 6.09 Å². The van der Waals surface area contributed by atoms with Crippen molar-refractivity contribution in [3.63, 3.8) is 0 Å². The first-order valence-corrected chi connectivity index (χ1v) is 9.73. The standard InChI is InChI=1S/C21H29N3O3/c1-21(2,3)27-20(25)24-12-6-8-16(15-24)9-7-13-26-19-14-22-17-10-4-5-11-18(17)23-19/h4-5,10-11,14,16H,6-9,12-13,15H2,1-3H3/t16-/m0/s1. The number of carbonyl (C=O) groups is 1. The number of fused-ring (bicyclic) bond motifs is 1. The van der Waals surface area contributed by atoms with Crippen molar-refractivity contribution in [2.24, 2.45) is 5.92 Å². The van der Waals surface area contributed by atoms with Crippen LogP contribution in [-0.4, -0.2) is 46.3 Å². The molecule has 1 aromatic heterocycles. The van der Waals surface area contributed by atoms with E-state index in [9.17, 15) is 4.79 Å². The Bertz CT molecular complexity index is 773. The van der Waals surface area contributed by atoms with Crippen molar-refractivity contribution in [3.8, 4) is 5.88 Å². The molecule has 1 aliphatic heterocycles. The number of carbonyl (C=O) groups excluding carboxylic acids is 1. The van der Waals surface area contributed by atoms with E-state index in [0.717, 1.165) is 49.8 Å². The van der Waals surface area contributed by atoms with E-state index in [1.165, 1.54) is 0 Å². The summed E-state index contributed by atoms with van der Waals surface area (Å²) >= 11 is 0. The summed E-state index contributed by atoms with van der Waals surface area (Å²) in [5, 5.41) is 0. The predicted molar refractivity (Wildman–Crippen MR) is 105 cm³/mol. The van der Waals surface area contributed by atoms with Gasteiger partial charge in [-0.05, 0) is 64.5 Å². The van der Waals surface area contributed by atoms with Crippen molar-refractivity contribution in [3.05, 3.63) is 30.5 Å². The molecule has 1 aliphatic rings. The maximum atomic E-state index is 12.2. The fourth-order valence-corrected chi connectivity index (χ4v) is 3.35. The highest BCUT2D eigenvalue weighted by Gasteiger charge is 2.27. The second-order valence-corrected chi connectivity index (χ2v) is 8.12. The molecular formula is C21H29N3O3. The molecule has 6 nitrogen and oxygen atoms in total. The van der Waals surface area contributed by atoms with Crippen LogP contribution in [0.4, 0.5) is 4.79 Å². The fraction of sp³-hybridized carbons (Fsp3) is 0.571. The van der Waals surface area contributed by atoms with Crippen LogP contribution in [0.3, 0.4) is 0 Å². The Balaban J connectivity index is 1.42. The van der Waals surface area contributed by atoms with Gasteiger partial charge < -0.3 is 14.4 Å². The van der Waals surface area contributed by atoms with E-state index >= 15 is 0 Å². The minimum absolute atomic E-state index is 0.199. The third-order valence-electron chi connectivity index (χ3n) is 4.60. The molecule has 3 rings (SSSR count). The first-order valence-electron chi connectivity index (χ1n) is 9.73. The molecule has 146 valence electrons. The van der Waals surface area contributed by atoms with Gasteiger partial charge in [0.25, 0.3) is 0 Å². The zero-order valence-electron chi connectivity index (χ0n) is 16.5. The number of rotatable bonds is 5. The van der Waals surface area contributed by atoms with E-state index in [2.05, 4.69) is 9.97 Å². The second-order valence-electron chi connectivity index (χ2n) is 8.12. The van der Waals surface area contributed by atoms with Crippen molar-refractivity contribution in [1.82, 2.24) is 14.9 Å². The summed E-state index contributed by atoms with van der Waals surface area (Å²) in [5.74, 6) is 1.06. The van der Waals surface area contributed by atoms with Gasteiger partial charge in [-0.1, -0.05) is 12.1 Å². The molecule has 0 aliphatic carbocycles. The van der Waals surface area contributed by atoms with Gasteiger partial charge in [-0.2, -0.15) is 0 Å². The number of piperidine rings is 1. The molecule has 2 aromatic rings. The summed E-state index contributed by atoms with van der Waals surface area (Å²) in [7, 11) is 0. The number of likely N-dealkylation sites (tertiary alicyclic amines) is 1. The fourth-order valence-electron chi connectivity index (χ4n) is 3.35. The lowest BCUT2D eigenvalue weighted by Gasteiger charge is -2.34. The van der Waals surface area contributed by atoms with Crippen molar-refractivity contribution in [2.45, 2.75) is 52.1 Å². The van der Waals surface area contributed by atoms with Crippen molar-refractivity contribution in [1.29, 1.82) is 0 Å². The number of aromatic nitrogens is 2. The van der Waals surface area contributed by atoms with Gasteiger partial charge in [-0.3, -0.25) is 0 Å². The molecular weight excluding hydrogens is 342 g/mol. The van der Waals surface area contributed by atoms with Gasteiger partial charge in [-0.25, -0.2) is 14.8 Å². The maximum absolute atomic E-state index is 12.2. The van der Waals surface area contributed by atoms with Gasteiger partial charge >= 0.3 is 6.09 Å². The molecule has 1 amide bonds. The normalized spacial score (nSPS) is 17.7. The predicted octanol–water partition coefficient (Wildman–Crippen LogP) is 4.44. The van der Waals surface area contributed by atoms with Crippen molar-refractivity contribution < 1.29 is 14.3 Å². The lowest BCUT2D eigenvalue weighted by atomic mass is 9.94. The molecule has 1 aromatic carbocycles. The first kappa shape index (κ1) is 19.4. The minimum atomic E-state index is -0.446. The van der Waals surface area contributed by atoms with Crippen molar-refractivity contribution >= 4 is 17.1 Å². The highest BCUT2D eigenvalue weighted by molar-refractivity contribution is 5.73. The number of ether oxygens (including phenoxy) is 2. The van der Waals surface area contributed by atoms with Crippen LogP contribution in [0.25, 0.3) is 11.0 Å². The van der Waals surface area contributed by atoms with Gasteiger partial charge in [0.2, 0.25) is 5.88 Å². The van der Waals surface area contributed by atoms with E-state index < -0.39 is 5.60 Å². The molecule has 27 heavy (non-hydrogen) atoms. The van der Waals surface area contributed by atoms with Gasteiger partial charge in [0.05, 0.1) is 23.8 Å². The van der Waals surface area contributed by atoms with E-state index in [4.69, 9.17) is 9.47 Å². The summed E-state index contributed by atoms with van der Waals surface area (Å²) in [4.78, 5) is 22.9. The molecule has 0 unspecified atom stereocenters. The highest BCUT2D eigenvalue weighted by Crippen LogP contribution is 2.23. The van der Waals surface area contributed by atoms with Gasteiger partial charge in [-0.15, -0.1) is 0 Å². The van der Waals surface area contributed by atoms with Crippen LogP contribution in [-0.2, 0) is 4.74 Å². The molecule has 0 spiro atoms. The number of para-hydroxylation sites is 2. The van der Waals surface area contributed by atoms with Crippen LogP contribution in [0.15, 0.2) is 30.5 Å². The second kappa shape index (κ2) is 8.55. The summed E-state index contributed by atoms with van der Waals surface area (Å²) in [6, 6.07) is 7.76. The molecule has 6 heteroatoms. The van der Waals surface area contributed by atoms with Gasteiger partial charge in [0.15, 0.2) is 0 Å². The Hall–Kier alpha value is -2.37. The Labute approximate surface area is 160 Å². The van der Waals surface area contributed by atoms with Gasteiger partial charge in [0.1, 0.15) is 5.60 Å². The van der Waals surface area contributed by atoms with E-state index in [1.807, 2.05) is 49.9 Å². The summed E-state index contributed by atoms with van der Waals surface area (Å²) in [6.45, 7) is 7.87. The number of benzene rings is 1.